The number of rotatable bonds is 41. The lowest BCUT2D eigenvalue weighted by Crippen LogP contribution is -2.55. The molecular weight excluding hydrogens is 591 g/mol. The fraction of sp³-hybridized carbons (Fsp3) is 1.00. The number of hydrogen-bond acceptors (Lipinski definition) is 1. The van der Waals surface area contributed by atoms with Gasteiger partial charge in [-0.2, -0.15) is 0 Å². The zero-order chi connectivity index (χ0) is 36.2. The van der Waals surface area contributed by atoms with E-state index in [0.29, 0.717) is 11.1 Å². The SMILES string of the molecule is CCCCCCCCCCCCCCCC(C)(C)N(CCCCCCCCCCCC)C(C)(C)CCCCCCCCCCCCCCC. The van der Waals surface area contributed by atoms with Crippen molar-refractivity contribution in [3.05, 3.63) is 0 Å². The van der Waals surface area contributed by atoms with Gasteiger partial charge in [-0.3, -0.25) is 4.90 Å². The third kappa shape index (κ3) is 32.4. The van der Waals surface area contributed by atoms with Crippen LogP contribution in [0.4, 0.5) is 0 Å². The highest BCUT2D eigenvalue weighted by Gasteiger charge is 2.36. The normalized spacial score (nSPS) is 12.5. The summed E-state index contributed by atoms with van der Waals surface area (Å²) >= 11 is 0. The Bertz CT molecular complexity index is 579. The molecule has 0 radical (unpaired) electrons. The quantitative estimate of drug-likeness (QED) is 0.0578. The van der Waals surface area contributed by atoms with E-state index >= 15 is 0 Å². The summed E-state index contributed by atoms with van der Waals surface area (Å²) in [4.78, 5) is 2.99. The smallest absolute Gasteiger partial charge is 0.0158 e. The molecule has 0 unspecified atom stereocenters. The van der Waals surface area contributed by atoms with E-state index in [-0.39, 0.29) is 0 Å². The molecule has 0 saturated heterocycles. The Morgan fingerprint density at radius 3 is 0.653 bits per heavy atom. The van der Waals surface area contributed by atoms with E-state index in [9.17, 15) is 0 Å². The van der Waals surface area contributed by atoms with Gasteiger partial charge in [-0.1, -0.05) is 245 Å². The molecule has 0 aliphatic heterocycles. The number of nitrogens with zero attached hydrogens (tertiary/aromatic N) is 1. The molecule has 0 heterocycles. The van der Waals surface area contributed by atoms with Gasteiger partial charge >= 0.3 is 0 Å². The topological polar surface area (TPSA) is 3.24 Å². The average Bonchev–Trinajstić information content (AvgIpc) is 3.07. The molecule has 0 fully saturated rings. The van der Waals surface area contributed by atoms with Crippen LogP contribution in [-0.2, 0) is 0 Å². The molecule has 0 aliphatic rings. The van der Waals surface area contributed by atoms with Gasteiger partial charge in [0, 0.05) is 11.1 Å². The summed E-state index contributed by atoms with van der Waals surface area (Å²) in [5.41, 5.74) is 0.605. The Kier molecular flexibility index (Phi) is 36.3. The van der Waals surface area contributed by atoms with Crippen molar-refractivity contribution in [2.24, 2.45) is 0 Å². The van der Waals surface area contributed by atoms with Gasteiger partial charge in [-0.15, -0.1) is 0 Å². The molecule has 0 amide bonds. The summed E-state index contributed by atoms with van der Waals surface area (Å²) in [6.45, 7) is 18.6. The highest BCUT2D eigenvalue weighted by molar-refractivity contribution is 4.92. The van der Waals surface area contributed by atoms with Gasteiger partial charge in [0.2, 0.25) is 0 Å². The predicted octanol–water partition coefficient (Wildman–Crippen LogP) is 17.7. The molecule has 0 atom stereocenters. The van der Waals surface area contributed by atoms with Crippen LogP contribution in [0, 0.1) is 0 Å². The third-order valence-corrected chi connectivity index (χ3v) is 12.0. The minimum absolute atomic E-state index is 0.303. The molecule has 0 spiro atoms. The van der Waals surface area contributed by atoms with Crippen molar-refractivity contribution in [1.82, 2.24) is 4.90 Å². The second kappa shape index (κ2) is 36.3. The van der Waals surface area contributed by atoms with E-state index in [0.717, 1.165) is 0 Å². The van der Waals surface area contributed by atoms with Gasteiger partial charge in [0.1, 0.15) is 0 Å². The second-order valence-corrected chi connectivity index (χ2v) is 17.9. The van der Waals surface area contributed by atoms with Crippen LogP contribution < -0.4 is 0 Å². The monoisotopic (exact) mass is 690 g/mol. The van der Waals surface area contributed by atoms with E-state index in [4.69, 9.17) is 0 Å². The van der Waals surface area contributed by atoms with Crippen LogP contribution in [0.5, 0.6) is 0 Å². The maximum Gasteiger partial charge on any atom is 0.0158 e. The number of unbranched alkanes of at least 4 members (excludes halogenated alkanes) is 33. The molecule has 0 aliphatic carbocycles. The Morgan fingerprint density at radius 1 is 0.245 bits per heavy atom. The first kappa shape index (κ1) is 49.0. The van der Waals surface area contributed by atoms with E-state index in [1.165, 1.54) is 251 Å². The minimum Gasteiger partial charge on any atom is -0.293 e. The molecule has 0 bridgehead atoms. The molecular formula is C48H99N. The fourth-order valence-electron chi connectivity index (χ4n) is 8.60. The first-order valence-electron chi connectivity index (χ1n) is 23.6. The van der Waals surface area contributed by atoms with Crippen LogP contribution >= 0.6 is 0 Å². The van der Waals surface area contributed by atoms with Crippen molar-refractivity contribution < 1.29 is 0 Å². The lowest BCUT2D eigenvalue weighted by atomic mass is 9.85. The van der Waals surface area contributed by atoms with Crippen molar-refractivity contribution in [1.29, 1.82) is 0 Å². The lowest BCUT2D eigenvalue weighted by molar-refractivity contribution is 0.00151. The van der Waals surface area contributed by atoms with Crippen molar-refractivity contribution in [3.8, 4) is 0 Å². The van der Waals surface area contributed by atoms with E-state index in [2.05, 4.69) is 53.4 Å². The van der Waals surface area contributed by atoms with Crippen molar-refractivity contribution >= 4 is 0 Å². The van der Waals surface area contributed by atoms with Crippen LogP contribution in [-0.4, -0.2) is 22.5 Å². The van der Waals surface area contributed by atoms with Crippen LogP contribution in [0.3, 0.4) is 0 Å². The highest BCUT2D eigenvalue weighted by atomic mass is 15.2. The molecule has 1 nitrogen and oxygen atoms in total. The fourth-order valence-corrected chi connectivity index (χ4v) is 8.60. The van der Waals surface area contributed by atoms with Crippen molar-refractivity contribution in [2.75, 3.05) is 6.54 Å². The van der Waals surface area contributed by atoms with Gasteiger partial charge in [-0.05, 0) is 53.5 Å². The van der Waals surface area contributed by atoms with Crippen molar-refractivity contribution in [3.63, 3.8) is 0 Å². The molecule has 296 valence electrons. The Morgan fingerprint density at radius 2 is 0.429 bits per heavy atom. The molecule has 0 saturated carbocycles. The lowest BCUT2D eigenvalue weighted by Gasteiger charge is -2.49. The molecule has 0 aromatic carbocycles. The summed E-state index contributed by atoms with van der Waals surface area (Å²) in [5, 5.41) is 0. The summed E-state index contributed by atoms with van der Waals surface area (Å²) in [5.74, 6) is 0. The first-order valence-corrected chi connectivity index (χ1v) is 23.6. The molecule has 1 heteroatoms. The maximum atomic E-state index is 2.99. The van der Waals surface area contributed by atoms with E-state index in [1.807, 2.05) is 0 Å². The predicted molar refractivity (Wildman–Crippen MR) is 227 cm³/mol. The van der Waals surface area contributed by atoms with E-state index < -0.39 is 0 Å². The van der Waals surface area contributed by atoms with E-state index in [1.54, 1.807) is 0 Å². The number of hydrogen-bond donors (Lipinski definition) is 0. The molecule has 49 heavy (non-hydrogen) atoms. The van der Waals surface area contributed by atoms with Gasteiger partial charge in [-0.25, -0.2) is 0 Å². The van der Waals surface area contributed by atoms with Crippen LogP contribution in [0.2, 0.25) is 0 Å². The van der Waals surface area contributed by atoms with Crippen molar-refractivity contribution in [2.45, 2.75) is 304 Å². The summed E-state index contributed by atoms with van der Waals surface area (Å²) in [6, 6.07) is 0. The van der Waals surface area contributed by atoms with Crippen LogP contribution in [0.1, 0.15) is 292 Å². The second-order valence-electron chi connectivity index (χ2n) is 17.9. The molecule has 0 aromatic heterocycles. The average molecular weight is 690 g/mol. The summed E-state index contributed by atoms with van der Waals surface area (Å²) in [7, 11) is 0. The minimum atomic E-state index is 0.303. The Labute approximate surface area is 314 Å². The Balaban J connectivity index is 4.49. The van der Waals surface area contributed by atoms with Gasteiger partial charge in [0.25, 0.3) is 0 Å². The van der Waals surface area contributed by atoms with Gasteiger partial charge in [0.05, 0.1) is 0 Å². The molecule has 0 N–H and O–H groups in total. The van der Waals surface area contributed by atoms with Crippen LogP contribution in [0.15, 0.2) is 0 Å². The largest absolute Gasteiger partial charge is 0.293 e. The summed E-state index contributed by atoms with van der Waals surface area (Å²) in [6.07, 6.45) is 54.8. The maximum absolute atomic E-state index is 2.99. The summed E-state index contributed by atoms with van der Waals surface area (Å²) < 4.78 is 0. The highest BCUT2D eigenvalue weighted by Crippen LogP contribution is 2.34. The Hall–Kier alpha value is -0.0400. The first-order chi connectivity index (χ1) is 23.8. The standard InChI is InChI=1S/C48H99N/c1-8-11-14-17-20-23-26-28-30-32-35-38-41-44-47(4,5)49(46-43-40-37-34-25-22-19-16-13-10-3)48(6,7)45-42-39-36-33-31-29-27-24-21-18-15-12-9-2/h8-46H2,1-7H3. The molecule has 0 aromatic rings. The van der Waals surface area contributed by atoms with Crippen LogP contribution in [0.25, 0.3) is 0 Å². The van der Waals surface area contributed by atoms with Gasteiger partial charge in [0.15, 0.2) is 0 Å². The zero-order valence-electron chi connectivity index (χ0n) is 36.0. The van der Waals surface area contributed by atoms with Gasteiger partial charge < -0.3 is 0 Å². The molecule has 0 rings (SSSR count). The third-order valence-electron chi connectivity index (χ3n) is 12.0. The zero-order valence-corrected chi connectivity index (χ0v) is 36.0.